The van der Waals surface area contributed by atoms with Crippen LogP contribution in [-0.2, 0) is 9.59 Å². The van der Waals surface area contributed by atoms with E-state index < -0.39 is 24.1 Å². The minimum Gasteiger partial charge on any atom is -0.547 e. The molecule has 2 unspecified atom stereocenters. The molecule has 8 nitrogen and oxygen atoms in total. The molecule has 0 aromatic carbocycles. The Kier molecular flexibility index (Phi) is 39.3. The van der Waals surface area contributed by atoms with Crippen LogP contribution >= 0.6 is 0 Å². The van der Waals surface area contributed by atoms with Gasteiger partial charge >= 0.3 is 0 Å². The Balaban J connectivity index is 0. The largest absolute Gasteiger partial charge is 0.547 e. The highest BCUT2D eigenvalue weighted by Gasteiger charge is 2.22. The van der Waals surface area contributed by atoms with Gasteiger partial charge in [-0.25, -0.2) is 0 Å². The number of carbonyl (C=O) groups excluding carboxylic acids is 2. The number of carbonyl (C=O) groups is 2. The predicted octanol–water partition coefficient (Wildman–Crippen LogP) is 8.87. The van der Waals surface area contributed by atoms with Crippen LogP contribution in [0, 0.1) is 0 Å². The highest BCUT2D eigenvalue weighted by atomic mass is 16.4. The van der Waals surface area contributed by atoms with E-state index in [0.717, 1.165) is 0 Å². The second-order valence-electron chi connectivity index (χ2n) is 17.9. The fourth-order valence-electron chi connectivity index (χ4n) is 7.20. The summed E-state index contributed by atoms with van der Waals surface area (Å²) in [5, 5.41) is 35.7. The molecule has 2 atom stereocenters. The number of aliphatic hydroxyl groups is 2. The Labute approximate surface area is 336 Å². The van der Waals surface area contributed by atoms with Crippen LogP contribution in [-0.4, -0.2) is 97.7 Å². The first-order valence-corrected chi connectivity index (χ1v) is 23.2. The molecule has 0 radical (unpaired) electrons. The smallest absolute Gasteiger partial charge is 0.128 e. The van der Waals surface area contributed by atoms with E-state index in [0.29, 0.717) is 0 Å². The molecule has 0 fully saturated rings. The third kappa shape index (κ3) is 40.4. The van der Waals surface area contributed by atoms with Gasteiger partial charge in [-0.1, -0.05) is 194 Å². The summed E-state index contributed by atoms with van der Waals surface area (Å²) in [5.74, 6) is -4.12. The van der Waals surface area contributed by atoms with Crippen LogP contribution in [0.2, 0.25) is 0 Å². The molecule has 0 spiro atoms. The molecular formula is C46H94N2O6. The summed E-state index contributed by atoms with van der Waals surface area (Å²) in [7, 11) is 9.89. The third-order valence-electron chi connectivity index (χ3n) is 11.3. The van der Waals surface area contributed by atoms with Crippen molar-refractivity contribution < 1.29 is 39.0 Å². The molecule has 54 heavy (non-hydrogen) atoms. The van der Waals surface area contributed by atoms with Gasteiger partial charge in [0.15, 0.2) is 0 Å². The first-order valence-electron chi connectivity index (χ1n) is 23.2. The molecule has 0 bridgehead atoms. The van der Waals surface area contributed by atoms with Gasteiger partial charge in [0.1, 0.15) is 25.3 Å². The monoisotopic (exact) mass is 771 g/mol. The summed E-state index contributed by atoms with van der Waals surface area (Å²) in [6.45, 7) is 9.98. The minimum atomic E-state index is -2.44. The lowest BCUT2D eigenvalue weighted by Crippen LogP contribution is -2.51. The zero-order chi connectivity index (χ0) is 40.8. The van der Waals surface area contributed by atoms with E-state index >= 15 is 0 Å². The lowest BCUT2D eigenvalue weighted by atomic mass is 10.0. The molecule has 0 aromatic heterocycles. The highest BCUT2D eigenvalue weighted by molar-refractivity contribution is 5.80. The molecule has 0 aromatic rings. The Morgan fingerprint density at radius 1 is 0.352 bits per heavy atom. The van der Waals surface area contributed by atoms with Gasteiger partial charge in [0.25, 0.3) is 0 Å². The maximum atomic E-state index is 9.63. The van der Waals surface area contributed by atoms with Gasteiger partial charge in [0, 0.05) is 0 Å². The van der Waals surface area contributed by atoms with Gasteiger partial charge in [0.05, 0.1) is 53.2 Å². The van der Waals surface area contributed by atoms with Gasteiger partial charge < -0.3 is 39.0 Å². The molecule has 0 heterocycles. The molecule has 0 amide bonds. The third-order valence-corrected chi connectivity index (χ3v) is 11.3. The first kappa shape index (κ1) is 54.9. The minimum absolute atomic E-state index is 1.21. The van der Waals surface area contributed by atoms with E-state index in [9.17, 15) is 19.8 Å². The van der Waals surface area contributed by atoms with Gasteiger partial charge in [-0.05, 0) is 25.7 Å². The van der Waals surface area contributed by atoms with Crippen molar-refractivity contribution in [3.8, 4) is 0 Å². The summed E-state index contributed by atoms with van der Waals surface area (Å²) in [4.78, 5) is 19.3. The van der Waals surface area contributed by atoms with Crippen LogP contribution in [0.1, 0.15) is 219 Å². The van der Waals surface area contributed by atoms with E-state index in [2.05, 4.69) is 42.0 Å². The van der Waals surface area contributed by atoms with Gasteiger partial charge in [-0.2, -0.15) is 0 Å². The molecule has 0 saturated carbocycles. The Bertz CT molecular complexity index is 755. The Hall–Kier alpha value is -1.22. The molecule has 2 N–H and O–H groups in total. The van der Waals surface area contributed by atoms with Crippen molar-refractivity contribution >= 4 is 11.9 Å². The van der Waals surface area contributed by atoms with Crippen LogP contribution in [0.5, 0.6) is 0 Å². The molecule has 0 saturated heterocycles. The summed E-state index contributed by atoms with van der Waals surface area (Å²) in [6.07, 6.45) is 41.8. The number of rotatable bonds is 40. The number of nitrogens with zero attached hydrogens (tertiary/aromatic N) is 2. The quantitative estimate of drug-likeness (QED) is 0.0475. The lowest BCUT2D eigenvalue weighted by molar-refractivity contribution is -0.946. The number of carboxylic acids is 2. The second kappa shape index (κ2) is 38.6. The second-order valence-corrected chi connectivity index (χ2v) is 17.9. The van der Waals surface area contributed by atoms with Crippen molar-refractivity contribution in [3.63, 3.8) is 0 Å². The average Bonchev–Trinajstić information content (AvgIpc) is 3.13. The number of quaternary nitrogens is 2. The number of unbranched alkanes of at least 4 members (excludes halogenated alkanes) is 30. The van der Waals surface area contributed by atoms with Crippen LogP contribution in [0.15, 0.2) is 0 Å². The topological polar surface area (TPSA) is 121 Å². The Morgan fingerprint density at radius 3 is 0.685 bits per heavy atom. The van der Waals surface area contributed by atoms with Crippen molar-refractivity contribution in [2.75, 3.05) is 54.4 Å². The van der Waals surface area contributed by atoms with E-state index in [1.165, 1.54) is 241 Å². The van der Waals surface area contributed by atoms with E-state index in [-0.39, 0.29) is 0 Å². The average molecular weight is 771 g/mol. The van der Waals surface area contributed by atoms with Crippen LogP contribution < -0.4 is 10.2 Å². The molecule has 0 aliphatic rings. The van der Waals surface area contributed by atoms with Gasteiger partial charge in [-0.3, -0.25) is 0 Å². The van der Waals surface area contributed by atoms with E-state index in [1.807, 2.05) is 0 Å². The van der Waals surface area contributed by atoms with Crippen LogP contribution in [0.3, 0.4) is 0 Å². The fraction of sp³-hybridized carbons (Fsp3) is 0.957. The molecule has 0 aliphatic heterocycles. The van der Waals surface area contributed by atoms with Crippen molar-refractivity contribution in [1.82, 2.24) is 0 Å². The number of carboxylic acid groups (broad SMARTS) is 2. The highest BCUT2D eigenvalue weighted by Crippen LogP contribution is 2.16. The standard InChI is InChI=1S/C42H90N2.C4H6O6/c1-7-9-11-13-15-17-19-21-23-25-27-29-31-33-35-37-39-43(3,4)41-42-44(5,6)40-38-36-34-32-30-28-26-24-22-20-18-16-14-12-10-8-2;5-1(3(7)8)2(6)4(9)10/h7-42H2,1-6H3;1-2,5-6H,(H,7,8)(H,9,10)/q+2;/p-2. The zero-order valence-electron chi connectivity index (χ0n) is 37.0. The normalized spacial score (nSPS) is 13.0. The number of hydrogen-bond acceptors (Lipinski definition) is 6. The van der Waals surface area contributed by atoms with Crippen molar-refractivity contribution in [3.05, 3.63) is 0 Å². The van der Waals surface area contributed by atoms with Crippen molar-refractivity contribution in [1.29, 1.82) is 0 Å². The summed E-state index contributed by atoms with van der Waals surface area (Å²) < 4.78 is 2.42. The summed E-state index contributed by atoms with van der Waals surface area (Å²) in [6, 6.07) is 0. The number of aliphatic carboxylic acids is 2. The number of aliphatic hydroxyl groups excluding tert-OH is 2. The van der Waals surface area contributed by atoms with Crippen molar-refractivity contribution in [2.45, 2.75) is 232 Å². The molecular weight excluding hydrogens is 677 g/mol. The predicted molar refractivity (Wildman–Crippen MR) is 225 cm³/mol. The van der Waals surface area contributed by atoms with Gasteiger partial charge in [0.2, 0.25) is 0 Å². The molecule has 8 heteroatoms. The van der Waals surface area contributed by atoms with Gasteiger partial charge in [-0.15, -0.1) is 0 Å². The Morgan fingerprint density at radius 2 is 0.519 bits per heavy atom. The molecule has 0 rings (SSSR count). The summed E-state index contributed by atoms with van der Waals surface area (Å²) in [5.41, 5.74) is 0. The molecule has 0 aliphatic carbocycles. The lowest BCUT2D eigenvalue weighted by Gasteiger charge is -2.36. The number of hydrogen-bond donors (Lipinski definition) is 2. The maximum absolute atomic E-state index is 9.63. The molecule has 324 valence electrons. The SMILES string of the molecule is CCCCCCCCCCCCCCCCCC[N+](C)(C)CC[N+](C)(C)CCCCCCCCCCCCCCCCCC.O=C([O-])C(O)C(O)C(=O)[O-]. The van der Waals surface area contributed by atoms with E-state index in [4.69, 9.17) is 10.2 Å². The maximum Gasteiger partial charge on any atom is 0.128 e. The van der Waals surface area contributed by atoms with E-state index in [1.54, 1.807) is 0 Å². The zero-order valence-corrected chi connectivity index (χ0v) is 37.0. The van der Waals surface area contributed by atoms with Crippen molar-refractivity contribution in [2.24, 2.45) is 0 Å². The number of likely N-dealkylation sites (N-methyl/N-ethyl adjacent to an activating group) is 2. The van der Waals surface area contributed by atoms with Crippen LogP contribution in [0.4, 0.5) is 0 Å². The summed E-state index contributed by atoms with van der Waals surface area (Å²) >= 11 is 0. The first-order chi connectivity index (χ1) is 25.8. The fourth-order valence-corrected chi connectivity index (χ4v) is 7.20. The van der Waals surface area contributed by atoms with Crippen LogP contribution in [0.25, 0.3) is 0 Å².